The average molecular weight is 157 g/mol. The van der Waals surface area contributed by atoms with E-state index in [1.165, 1.54) is 19.3 Å². The van der Waals surface area contributed by atoms with E-state index in [1.807, 2.05) is 0 Å². The highest BCUT2D eigenvalue weighted by Gasteiger charge is 2.26. The van der Waals surface area contributed by atoms with Gasteiger partial charge in [0.05, 0.1) is 0 Å². The van der Waals surface area contributed by atoms with Crippen LogP contribution in [0.1, 0.15) is 32.6 Å². The lowest BCUT2D eigenvalue weighted by atomic mass is 9.78. The summed E-state index contributed by atoms with van der Waals surface area (Å²) in [5.41, 5.74) is 6.00. The van der Waals surface area contributed by atoms with Gasteiger partial charge in [0.2, 0.25) is 0 Å². The van der Waals surface area contributed by atoms with Gasteiger partial charge in [-0.15, -0.1) is 0 Å². The Balaban J connectivity index is 2.25. The molecule has 1 aliphatic heterocycles. The Morgan fingerprint density at radius 3 is 2.55 bits per heavy atom. The van der Waals surface area contributed by atoms with Crippen molar-refractivity contribution in [2.75, 3.05) is 19.8 Å². The predicted octanol–water partition coefficient (Wildman–Crippen LogP) is 1.54. The van der Waals surface area contributed by atoms with Crippen LogP contribution < -0.4 is 5.73 Å². The third-order valence-electron chi connectivity index (χ3n) is 2.68. The minimum Gasteiger partial charge on any atom is -0.381 e. The van der Waals surface area contributed by atoms with Gasteiger partial charge in [-0.3, -0.25) is 0 Å². The summed E-state index contributed by atoms with van der Waals surface area (Å²) in [6.07, 6.45) is 4.86. The van der Waals surface area contributed by atoms with Crippen LogP contribution in [0.4, 0.5) is 0 Å². The minimum absolute atomic E-state index is 0.525. The molecule has 0 radical (unpaired) electrons. The molecule has 0 unspecified atom stereocenters. The summed E-state index contributed by atoms with van der Waals surface area (Å²) >= 11 is 0. The largest absolute Gasteiger partial charge is 0.381 e. The van der Waals surface area contributed by atoms with Crippen LogP contribution in [0.2, 0.25) is 0 Å². The Morgan fingerprint density at radius 2 is 2.00 bits per heavy atom. The molecule has 66 valence electrons. The van der Waals surface area contributed by atoms with Crippen LogP contribution in [0.15, 0.2) is 0 Å². The standard InChI is InChI=1S/C9H19NO/c1-9(3-2-6-10)4-7-11-8-5-9/h2-8,10H2,1H3. The summed E-state index contributed by atoms with van der Waals surface area (Å²) in [4.78, 5) is 0. The fourth-order valence-corrected chi connectivity index (χ4v) is 1.64. The number of ether oxygens (including phenoxy) is 1. The van der Waals surface area contributed by atoms with E-state index in [-0.39, 0.29) is 0 Å². The first-order valence-electron chi connectivity index (χ1n) is 4.55. The molecule has 1 heterocycles. The van der Waals surface area contributed by atoms with Crippen molar-refractivity contribution < 1.29 is 4.74 Å². The van der Waals surface area contributed by atoms with Crippen LogP contribution in [0.5, 0.6) is 0 Å². The lowest BCUT2D eigenvalue weighted by Crippen LogP contribution is -2.27. The quantitative estimate of drug-likeness (QED) is 0.674. The number of hydrogen-bond acceptors (Lipinski definition) is 2. The van der Waals surface area contributed by atoms with Crippen molar-refractivity contribution in [3.63, 3.8) is 0 Å². The molecule has 0 spiro atoms. The molecule has 1 saturated heterocycles. The molecule has 0 aliphatic carbocycles. The Kier molecular flexibility index (Phi) is 3.34. The van der Waals surface area contributed by atoms with Crippen molar-refractivity contribution in [2.45, 2.75) is 32.6 Å². The van der Waals surface area contributed by atoms with Crippen molar-refractivity contribution in [1.82, 2.24) is 0 Å². The maximum absolute atomic E-state index is 5.47. The topological polar surface area (TPSA) is 35.2 Å². The molecule has 11 heavy (non-hydrogen) atoms. The van der Waals surface area contributed by atoms with E-state index in [2.05, 4.69) is 6.92 Å². The van der Waals surface area contributed by atoms with E-state index in [4.69, 9.17) is 10.5 Å². The number of hydrogen-bond donors (Lipinski definition) is 1. The van der Waals surface area contributed by atoms with Crippen molar-refractivity contribution in [3.8, 4) is 0 Å². The van der Waals surface area contributed by atoms with Gasteiger partial charge in [-0.05, 0) is 37.6 Å². The highest BCUT2D eigenvalue weighted by molar-refractivity contribution is 4.76. The van der Waals surface area contributed by atoms with Gasteiger partial charge >= 0.3 is 0 Å². The molecule has 2 N–H and O–H groups in total. The summed E-state index contributed by atoms with van der Waals surface area (Å²) < 4.78 is 5.31. The molecule has 1 aliphatic rings. The third kappa shape index (κ3) is 2.80. The van der Waals surface area contributed by atoms with E-state index >= 15 is 0 Å². The molecule has 0 bridgehead atoms. The maximum Gasteiger partial charge on any atom is 0.0471 e. The smallest absolute Gasteiger partial charge is 0.0471 e. The van der Waals surface area contributed by atoms with Crippen LogP contribution in [0.3, 0.4) is 0 Å². The zero-order chi connectivity index (χ0) is 8.16. The zero-order valence-corrected chi connectivity index (χ0v) is 7.44. The highest BCUT2D eigenvalue weighted by atomic mass is 16.5. The van der Waals surface area contributed by atoms with Gasteiger partial charge in [-0.2, -0.15) is 0 Å². The van der Waals surface area contributed by atoms with E-state index in [0.29, 0.717) is 5.41 Å². The van der Waals surface area contributed by atoms with Crippen LogP contribution in [0.25, 0.3) is 0 Å². The van der Waals surface area contributed by atoms with Crippen molar-refractivity contribution in [2.24, 2.45) is 11.1 Å². The van der Waals surface area contributed by atoms with E-state index in [0.717, 1.165) is 26.2 Å². The van der Waals surface area contributed by atoms with E-state index in [9.17, 15) is 0 Å². The molecule has 0 saturated carbocycles. The van der Waals surface area contributed by atoms with Crippen molar-refractivity contribution in [3.05, 3.63) is 0 Å². The molecular formula is C9H19NO. The molecule has 2 nitrogen and oxygen atoms in total. The minimum atomic E-state index is 0.525. The predicted molar refractivity (Wildman–Crippen MR) is 46.4 cm³/mol. The molecule has 1 fully saturated rings. The monoisotopic (exact) mass is 157 g/mol. The Labute approximate surface area is 69.1 Å². The van der Waals surface area contributed by atoms with Crippen molar-refractivity contribution >= 4 is 0 Å². The summed E-state index contributed by atoms with van der Waals surface area (Å²) in [6.45, 7) is 5.07. The number of nitrogens with two attached hydrogens (primary N) is 1. The summed E-state index contributed by atoms with van der Waals surface area (Å²) in [5, 5.41) is 0. The van der Waals surface area contributed by atoms with E-state index < -0.39 is 0 Å². The van der Waals surface area contributed by atoms with E-state index in [1.54, 1.807) is 0 Å². The summed E-state index contributed by atoms with van der Waals surface area (Å²) in [6, 6.07) is 0. The summed E-state index contributed by atoms with van der Waals surface area (Å²) in [7, 11) is 0. The SMILES string of the molecule is CC1(CCCN)CCOCC1. The third-order valence-corrected chi connectivity index (χ3v) is 2.68. The van der Waals surface area contributed by atoms with Gasteiger partial charge < -0.3 is 10.5 Å². The highest BCUT2D eigenvalue weighted by Crippen LogP contribution is 2.34. The molecule has 0 aromatic rings. The van der Waals surface area contributed by atoms with Crippen LogP contribution in [0, 0.1) is 5.41 Å². The Morgan fingerprint density at radius 1 is 1.36 bits per heavy atom. The Bertz CT molecular complexity index is 108. The average Bonchev–Trinajstić information content (AvgIpc) is 2.03. The van der Waals surface area contributed by atoms with Gasteiger partial charge in [0.1, 0.15) is 0 Å². The van der Waals surface area contributed by atoms with Gasteiger partial charge in [0.25, 0.3) is 0 Å². The molecule has 1 rings (SSSR count). The first-order chi connectivity index (χ1) is 5.27. The van der Waals surface area contributed by atoms with Gasteiger partial charge in [-0.1, -0.05) is 6.92 Å². The summed E-state index contributed by atoms with van der Waals surface area (Å²) in [5.74, 6) is 0. The molecular weight excluding hydrogens is 138 g/mol. The number of rotatable bonds is 3. The van der Waals surface area contributed by atoms with Gasteiger partial charge in [-0.25, -0.2) is 0 Å². The second kappa shape index (κ2) is 4.07. The lowest BCUT2D eigenvalue weighted by Gasteiger charge is -2.33. The normalized spacial score (nSPS) is 23.5. The first-order valence-corrected chi connectivity index (χ1v) is 4.55. The fourth-order valence-electron chi connectivity index (χ4n) is 1.64. The van der Waals surface area contributed by atoms with Crippen LogP contribution in [-0.2, 0) is 4.74 Å². The van der Waals surface area contributed by atoms with Crippen molar-refractivity contribution in [1.29, 1.82) is 0 Å². The lowest BCUT2D eigenvalue weighted by molar-refractivity contribution is 0.0192. The second-order valence-electron chi connectivity index (χ2n) is 3.82. The van der Waals surface area contributed by atoms with Crippen LogP contribution >= 0.6 is 0 Å². The molecule has 0 atom stereocenters. The molecule has 2 heteroatoms. The second-order valence-corrected chi connectivity index (χ2v) is 3.82. The molecule has 0 aromatic heterocycles. The van der Waals surface area contributed by atoms with Crippen LogP contribution in [-0.4, -0.2) is 19.8 Å². The zero-order valence-electron chi connectivity index (χ0n) is 7.44. The molecule has 0 amide bonds. The fraction of sp³-hybridized carbons (Fsp3) is 1.00. The Hall–Kier alpha value is -0.0800. The maximum atomic E-state index is 5.47. The first kappa shape index (κ1) is 9.01. The van der Waals surface area contributed by atoms with Gasteiger partial charge in [0.15, 0.2) is 0 Å². The molecule has 0 aromatic carbocycles. The van der Waals surface area contributed by atoms with Gasteiger partial charge in [0, 0.05) is 13.2 Å².